The molecular formula is C4H7O11P3. The zero-order valence-electron chi connectivity index (χ0n) is 8.53. The first-order chi connectivity index (χ1) is 7.99. The molecule has 0 spiro atoms. The quantitative estimate of drug-likeness (QED) is 0.389. The van der Waals surface area contributed by atoms with E-state index < -0.39 is 35.2 Å². The summed E-state index contributed by atoms with van der Waals surface area (Å²) in [6.45, 7) is 1.17. The molecule has 0 radical (unpaired) electrons. The van der Waals surface area contributed by atoms with Crippen molar-refractivity contribution in [3.05, 3.63) is 11.8 Å². The fourth-order valence-electron chi connectivity index (χ4n) is 0.797. The van der Waals surface area contributed by atoms with Crippen LogP contribution in [0.3, 0.4) is 0 Å². The Labute approximate surface area is 99.8 Å². The number of carbonyl (C=O) groups is 1. The number of rotatable bonds is 3. The van der Waals surface area contributed by atoms with Crippen LogP contribution in [0.1, 0.15) is 6.92 Å². The van der Waals surface area contributed by atoms with Crippen molar-refractivity contribution >= 4 is 29.4 Å². The molecule has 1 saturated heterocycles. The molecule has 104 valence electrons. The molecule has 1 aliphatic heterocycles. The lowest BCUT2D eigenvalue weighted by Gasteiger charge is -2.26. The van der Waals surface area contributed by atoms with E-state index in [0.29, 0.717) is 0 Å². The average Bonchev–Trinajstić information content (AvgIpc) is 2.07. The summed E-state index contributed by atoms with van der Waals surface area (Å²) >= 11 is 0. The monoisotopic (exact) mass is 324 g/mol. The normalized spacial score (nSPS) is 41.4. The molecule has 14 heteroatoms. The molecule has 11 nitrogen and oxygen atoms in total. The highest BCUT2D eigenvalue weighted by molar-refractivity contribution is 7.74. The smallest absolute Gasteiger partial charge is 0.475 e. The first-order valence-electron chi connectivity index (χ1n) is 3.97. The van der Waals surface area contributed by atoms with Crippen LogP contribution >= 0.6 is 23.5 Å². The third kappa shape index (κ3) is 4.01. The second kappa shape index (κ2) is 4.88. The molecule has 1 aliphatic rings. The minimum atomic E-state index is -5.17. The zero-order valence-corrected chi connectivity index (χ0v) is 11.2. The maximum Gasteiger partial charge on any atom is 0.548 e. The second-order valence-electron chi connectivity index (χ2n) is 2.68. The minimum Gasteiger partial charge on any atom is -0.475 e. The van der Waals surface area contributed by atoms with Gasteiger partial charge in [-0.05, 0) is 13.0 Å². The molecule has 1 rings (SSSR count). The molecular weight excluding hydrogens is 317 g/mol. The lowest BCUT2D eigenvalue weighted by Crippen LogP contribution is -2.09. The fourth-order valence-corrected chi connectivity index (χ4v) is 5.72. The number of carboxylic acids is 1. The van der Waals surface area contributed by atoms with Gasteiger partial charge in [-0.1, -0.05) is 0 Å². The molecule has 3 N–H and O–H groups in total. The van der Waals surface area contributed by atoms with Gasteiger partial charge in [0.2, 0.25) is 5.76 Å². The molecule has 18 heavy (non-hydrogen) atoms. The summed E-state index contributed by atoms with van der Waals surface area (Å²) in [6, 6.07) is 0. The van der Waals surface area contributed by atoms with Gasteiger partial charge in [0.15, 0.2) is 0 Å². The summed E-state index contributed by atoms with van der Waals surface area (Å²) in [4.78, 5) is 28.2. The van der Waals surface area contributed by atoms with E-state index in [4.69, 9.17) is 14.9 Å². The summed E-state index contributed by atoms with van der Waals surface area (Å²) in [6.07, 6.45) is 0.814. The van der Waals surface area contributed by atoms with Crippen molar-refractivity contribution in [3.63, 3.8) is 0 Å². The van der Waals surface area contributed by atoms with Crippen LogP contribution in [0.25, 0.3) is 0 Å². The van der Waals surface area contributed by atoms with Gasteiger partial charge in [0.1, 0.15) is 0 Å². The molecule has 0 bridgehead atoms. The lowest BCUT2D eigenvalue weighted by molar-refractivity contribution is -0.135. The molecule has 2 unspecified atom stereocenters. The van der Waals surface area contributed by atoms with Crippen molar-refractivity contribution in [2.24, 2.45) is 0 Å². The zero-order chi connectivity index (χ0) is 14.2. The van der Waals surface area contributed by atoms with Crippen LogP contribution in [0.2, 0.25) is 0 Å². The van der Waals surface area contributed by atoms with E-state index in [2.05, 4.69) is 17.5 Å². The van der Waals surface area contributed by atoms with Crippen LogP contribution in [0.15, 0.2) is 11.8 Å². The van der Waals surface area contributed by atoms with Gasteiger partial charge in [0.05, 0.1) is 0 Å². The van der Waals surface area contributed by atoms with Gasteiger partial charge in [-0.15, -0.1) is 0 Å². The molecule has 0 aliphatic carbocycles. The largest absolute Gasteiger partial charge is 0.548 e. The van der Waals surface area contributed by atoms with E-state index in [9.17, 15) is 18.5 Å². The van der Waals surface area contributed by atoms with Crippen LogP contribution in [-0.4, -0.2) is 20.9 Å². The topological polar surface area (TPSA) is 166 Å². The molecule has 0 aromatic heterocycles. The predicted octanol–water partition coefficient (Wildman–Crippen LogP) is 1.36. The summed E-state index contributed by atoms with van der Waals surface area (Å²) in [5.74, 6) is -2.67. The number of aliphatic carboxylic acids is 1. The Hall–Kier alpha value is -0.500. The van der Waals surface area contributed by atoms with Crippen LogP contribution in [0.5, 0.6) is 0 Å². The lowest BCUT2D eigenvalue weighted by atomic mass is 10.5. The van der Waals surface area contributed by atoms with Crippen LogP contribution in [0.4, 0.5) is 0 Å². The van der Waals surface area contributed by atoms with Gasteiger partial charge >= 0.3 is 29.4 Å². The van der Waals surface area contributed by atoms with Crippen molar-refractivity contribution in [3.8, 4) is 0 Å². The van der Waals surface area contributed by atoms with E-state index in [-0.39, 0.29) is 0 Å². The fraction of sp³-hybridized carbons (Fsp3) is 0.250. The SMILES string of the molecule is C/C=C(/OP1(=O)OP(=O)(O)OP(=O)(O)O1)C(=O)O. The highest BCUT2D eigenvalue weighted by Crippen LogP contribution is 2.80. The molecule has 1 fully saturated rings. The van der Waals surface area contributed by atoms with Gasteiger partial charge in [-0.2, -0.15) is 12.9 Å². The van der Waals surface area contributed by atoms with E-state index in [1.165, 1.54) is 6.92 Å². The maximum absolute atomic E-state index is 11.6. The molecule has 0 amide bonds. The Kier molecular flexibility index (Phi) is 4.22. The third-order valence-corrected chi connectivity index (χ3v) is 6.62. The van der Waals surface area contributed by atoms with Crippen molar-refractivity contribution < 1.29 is 50.8 Å². The Bertz CT molecular complexity index is 504. The number of hydrogen-bond acceptors (Lipinski definition) is 8. The Balaban J connectivity index is 3.07. The summed E-state index contributed by atoms with van der Waals surface area (Å²) in [7, 11) is -15.4. The Morgan fingerprint density at radius 2 is 1.56 bits per heavy atom. The summed E-state index contributed by atoms with van der Waals surface area (Å²) < 4.78 is 49.1. The highest BCUT2D eigenvalue weighted by atomic mass is 31.3. The number of hydrogen-bond donors (Lipinski definition) is 3. The summed E-state index contributed by atoms with van der Waals surface area (Å²) in [5.41, 5.74) is 0. The van der Waals surface area contributed by atoms with Crippen molar-refractivity contribution in [2.75, 3.05) is 0 Å². The number of phosphoric acid groups is 3. The highest BCUT2D eigenvalue weighted by Gasteiger charge is 2.55. The Morgan fingerprint density at radius 1 is 1.11 bits per heavy atom. The van der Waals surface area contributed by atoms with E-state index in [1.807, 2.05) is 0 Å². The van der Waals surface area contributed by atoms with Crippen molar-refractivity contribution in [2.45, 2.75) is 6.92 Å². The number of carboxylic acid groups (broad SMARTS) is 1. The second-order valence-corrected chi connectivity index (χ2v) is 7.59. The van der Waals surface area contributed by atoms with E-state index in [1.54, 1.807) is 0 Å². The van der Waals surface area contributed by atoms with Gasteiger partial charge < -0.3 is 19.4 Å². The van der Waals surface area contributed by atoms with Crippen LogP contribution in [-0.2, 0) is 35.9 Å². The average molecular weight is 324 g/mol. The molecule has 0 aromatic rings. The Morgan fingerprint density at radius 3 is 1.89 bits per heavy atom. The standard InChI is InChI=1S/C4H7O11P3/c1-2-3(4(5)6)12-18(11)14-16(7,8)13-17(9,10)15-18/h2H,1H3,(H,5,6)(H,7,8)(H,9,10)/b3-2+. The van der Waals surface area contributed by atoms with E-state index >= 15 is 0 Å². The molecule has 1 heterocycles. The van der Waals surface area contributed by atoms with E-state index in [0.717, 1.165) is 6.08 Å². The van der Waals surface area contributed by atoms with Gasteiger partial charge in [0, 0.05) is 0 Å². The molecule has 0 saturated carbocycles. The summed E-state index contributed by atoms with van der Waals surface area (Å²) in [5, 5.41) is 8.56. The van der Waals surface area contributed by atoms with Crippen molar-refractivity contribution in [1.82, 2.24) is 0 Å². The number of allylic oxidation sites excluding steroid dienone is 1. The first kappa shape index (κ1) is 15.6. The molecule has 0 aromatic carbocycles. The van der Waals surface area contributed by atoms with Crippen LogP contribution < -0.4 is 0 Å². The van der Waals surface area contributed by atoms with Gasteiger partial charge in [-0.25, -0.2) is 18.5 Å². The first-order valence-corrected chi connectivity index (χ1v) is 8.43. The van der Waals surface area contributed by atoms with Crippen molar-refractivity contribution in [1.29, 1.82) is 0 Å². The predicted molar refractivity (Wildman–Crippen MR) is 53.0 cm³/mol. The minimum absolute atomic E-state index is 0.814. The molecule has 2 atom stereocenters. The van der Waals surface area contributed by atoms with Gasteiger partial charge in [-0.3, -0.25) is 0 Å². The maximum atomic E-state index is 11.6. The van der Waals surface area contributed by atoms with Gasteiger partial charge in [0.25, 0.3) is 0 Å². The van der Waals surface area contributed by atoms with Crippen LogP contribution in [0, 0.1) is 0 Å². The third-order valence-electron chi connectivity index (χ3n) is 1.30.